The predicted molar refractivity (Wildman–Crippen MR) is 75.7 cm³/mol. The predicted octanol–water partition coefficient (Wildman–Crippen LogP) is 2.51. The minimum Gasteiger partial charge on any atom is -0.337 e. The van der Waals surface area contributed by atoms with Crippen LogP contribution in [0.15, 0.2) is 11.2 Å². The van der Waals surface area contributed by atoms with Gasteiger partial charge >= 0.3 is 0 Å². The number of aryl methyl sites for hydroxylation is 2. The fourth-order valence-corrected chi connectivity index (χ4v) is 3.16. The highest BCUT2D eigenvalue weighted by molar-refractivity contribution is 7.82. The lowest BCUT2D eigenvalue weighted by atomic mass is 10.0. The summed E-state index contributed by atoms with van der Waals surface area (Å²) < 4.78 is 16.2. The zero-order valence-corrected chi connectivity index (χ0v) is 13.0. The summed E-state index contributed by atoms with van der Waals surface area (Å²) in [6, 6.07) is 0. The molecule has 0 saturated carbocycles. The first-order chi connectivity index (χ1) is 8.58. The first-order valence-corrected chi connectivity index (χ1v) is 7.85. The molecule has 1 aromatic rings. The molecule has 104 valence electrons. The molecule has 1 aliphatic heterocycles. The van der Waals surface area contributed by atoms with Gasteiger partial charge in [0.2, 0.25) is 0 Å². The standard InChI is InChI=1S/C11H19N3OS.C2H6/c1-9-4-6-14(7-5-9)16(15)11-8-13(3)10(2)12-11;1-2/h8-9H,4-7H2,1-3H3;1-2H3. The van der Waals surface area contributed by atoms with Crippen molar-refractivity contribution in [3.05, 3.63) is 12.0 Å². The summed E-state index contributed by atoms with van der Waals surface area (Å²) in [5.74, 6) is 1.67. The molecule has 18 heavy (non-hydrogen) atoms. The van der Waals surface area contributed by atoms with Crippen LogP contribution in [0, 0.1) is 12.8 Å². The highest BCUT2D eigenvalue weighted by atomic mass is 32.2. The summed E-state index contributed by atoms with van der Waals surface area (Å²) in [6.45, 7) is 10.0. The lowest BCUT2D eigenvalue weighted by Gasteiger charge is -2.28. The Hall–Kier alpha value is -0.680. The monoisotopic (exact) mass is 271 g/mol. The Bertz CT molecular complexity index is 375. The van der Waals surface area contributed by atoms with E-state index in [1.165, 1.54) is 0 Å². The van der Waals surface area contributed by atoms with Crippen LogP contribution in [-0.4, -0.2) is 31.2 Å². The lowest BCUT2D eigenvalue weighted by molar-refractivity contribution is 0.298. The van der Waals surface area contributed by atoms with Crippen LogP contribution in [0.2, 0.25) is 0 Å². The van der Waals surface area contributed by atoms with Crippen molar-refractivity contribution in [1.82, 2.24) is 13.9 Å². The molecule has 1 atom stereocenters. The summed E-state index contributed by atoms with van der Waals surface area (Å²) in [7, 11) is 0.859. The van der Waals surface area contributed by atoms with E-state index in [0.717, 1.165) is 37.7 Å². The highest BCUT2D eigenvalue weighted by Gasteiger charge is 2.22. The lowest BCUT2D eigenvalue weighted by Crippen LogP contribution is -2.34. The zero-order chi connectivity index (χ0) is 13.7. The molecule has 2 heterocycles. The summed E-state index contributed by atoms with van der Waals surface area (Å²) in [5, 5.41) is 0.689. The van der Waals surface area contributed by atoms with Crippen molar-refractivity contribution in [2.24, 2.45) is 13.0 Å². The fraction of sp³-hybridized carbons (Fsp3) is 0.769. The van der Waals surface area contributed by atoms with Gasteiger partial charge in [-0.15, -0.1) is 0 Å². The zero-order valence-electron chi connectivity index (χ0n) is 12.1. The van der Waals surface area contributed by atoms with E-state index in [1.54, 1.807) is 0 Å². The summed E-state index contributed by atoms with van der Waals surface area (Å²) in [6.07, 6.45) is 4.14. The van der Waals surface area contributed by atoms with Gasteiger partial charge in [0.15, 0.2) is 5.03 Å². The van der Waals surface area contributed by atoms with Crippen LogP contribution in [0.5, 0.6) is 0 Å². The van der Waals surface area contributed by atoms with Crippen LogP contribution in [0.3, 0.4) is 0 Å². The van der Waals surface area contributed by atoms with E-state index < -0.39 is 11.0 Å². The Balaban J connectivity index is 0.000000771. The third kappa shape index (κ3) is 3.65. The van der Waals surface area contributed by atoms with Crippen molar-refractivity contribution in [2.75, 3.05) is 13.1 Å². The first kappa shape index (κ1) is 15.4. The molecule has 0 aliphatic carbocycles. The van der Waals surface area contributed by atoms with Crippen molar-refractivity contribution in [2.45, 2.75) is 45.6 Å². The van der Waals surface area contributed by atoms with E-state index in [0.29, 0.717) is 5.03 Å². The minimum absolute atomic E-state index is 0.689. The molecule has 1 unspecified atom stereocenters. The third-order valence-electron chi connectivity index (χ3n) is 3.24. The van der Waals surface area contributed by atoms with Gasteiger partial charge in [0, 0.05) is 26.3 Å². The van der Waals surface area contributed by atoms with E-state index in [-0.39, 0.29) is 0 Å². The van der Waals surface area contributed by atoms with Gasteiger partial charge in [-0.3, -0.25) is 0 Å². The third-order valence-corrected chi connectivity index (χ3v) is 4.63. The van der Waals surface area contributed by atoms with Gasteiger partial charge in [0.25, 0.3) is 0 Å². The van der Waals surface area contributed by atoms with E-state index in [1.807, 2.05) is 42.9 Å². The molecule has 1 aliphatic rings. The first-order valence-electron chi connectivity index (χ1n) is 6.74. The molecule has 5 heteroatoms. The number of hydrogen-bond acceptors (Lipinski definition) is 2. The van der Waals surface area contributed by atoms with Crippen LogP contribution >= 0.6 is 0 Å². The maximum Gasteiger partial charge on any atom is 0.161 e. The van der Waals surface area contributed by atoms with Gasteiger partial charge in [0.05, 0.1) is 0 Å². The Labute approximate surface area is 113 Å². The van der Waals surface area contributed by atoms with Gasteiger partial charge in [-0.1, -0.05) is 20.8 Å². The largest absolute Gasteiger partial charge is 0.337 e. The topological polar surface area (TPSA) is 38.1 Å². The maximum atomic E-state index is 12.2. The van der Waals surface area contributed by atoms with Crippen molar-refractivity contribution in [3.63, 3.8) is 0 Å². The van der Waals surface area contributed by atoms with E-state index in [4.69, 9.17) is 0 Å². The number of piperidine rings is 1. The van der Waals surface area contributed by atoms with E-state index in [9.17, 15) is 4.21 Å². The second-order valence-corrected chi connectivity index (χ2v) is 6.03. The molecule has 2 rings (SSSR count). The summed E-state index contributed by atoms with van der Waals surface area (Å²) >= 11 is 0. The Morgan fingerprint density at radius 3 is 2.33 bits per heavy atom. The molecule has 1 fully saturated rings. The molecule has 0 N–H and O–H groups in total. The number of rotatable bonds is 2. The van der Waals surface area contributed by atoms with Gasteiger partial charge in [-0.05, 0) is 25.7 Å². The highest BCUT2D eigenvalue weighted by Crippen LogP contribution is 2.20. The Morgan fingerprint density at radius 1 is 1.33 bits per heavy atom. The summed E-state index contributed by atoms with van der Waals surface area (Å²) in [5.41, 5.74) is 0. The number of aromatic nitrogens is 2. The second kappa shape index (κ2) is 7.04. The number of imidazole rings is 1. The Morgan fingerprint density at radius 2 is 1.89 bits per heavy atom. The summed E-state index contributed by atoms with van der Waals surface area (Å²) in [4.78, 5) is 4.33. The van der Waals surface area contributed by atoms with Crippen molar-refractivity contribution >= 4 is 11.0 Å². The van der Waals surface area contributed by atoms with Gasteiger partial charge in [-0.2, -0.15) is 0 Å². The fourth-order valence-electron chi connectivity index (χ4n) is 1.89. The Kier molecular flexibility index (Phi) is 6.02. The number of hydrogen-bond donors (Lipinski definition) is 0. The van der Waals surface area contributed by atoms with Crippen LogP contribution in [0.4, 0.5) is 0 Å². The molecule has 0 bridgehead atoms. The van der Waals surface area contributed by atoms with Crippen molar-refractivity contribution in [1.29, 1.82) is 0 Å². The maximum absolute atomic E-state index is 12.2. The van der Waals surface area contributed by atoms with Gasteiger partial charge in [-0.25, -0.2) is 13.5 Å². The molecule has 0 amide bonds. The second-order valence-electron chi connectivity index (χ2n) is 4.60. The van der Waals surface area contributed by atoms with Gasteiger partial charge < -0.3 is 4.57 Å². The normalized spacial score (nSPS) is 19.2. The molecular weight excluding hydrogens is 246 g/mol. The van der Waals surface area contributed by atoms with Crippen LogP contribution in [-0.2, 0) is 18.0 Å². The molecule has 0 aromatic carbocycles. The molecule has 1 aromatic heterocycles. The molecule has 0 radical (unpaired) electrons. The molecule has 0 spiro atoms. The van der Waals surface area contributed by atoms with Crippen LogP contribution < -0.4 is 0 Å². The smallest absolute Gasteiger partial charge is 0.161 e. The quantitative estimate of drug-likeness (QED) is 0.829. The molecular formula is C13H25N3OS. The van der Waals surface area contributed by atoms with Crippen LogP contribution in [0.25, 0.3) is 0 Å². The van der Waals surface area contributed by atoms with E-state index >= 15 is 0 Å². The van der Waals surface area contributed by atoms with Crippen molar-refractivity contribution < 1.29 is 4.21 Å². The SMILES string of the molecule is CC.Cc1nc(S(=O)N2CCC(C)CC2)cn1C. The van der Waals surface area contributed by atoms with Gasteiger partial charge in [0.1, 0.15) is 16.8 Å². The van der Waals surface area contributed by atoms with E-state index in [2.05, 4.69) is 11.9 Å². The minimum atomic E-state index is -1.07. The average Bonchev–Trinajstić information content (AvgIpc) is 2.72. The van der Waals surface area contributed by atoms with Crippen molar-refractivity contribution in [3.8, 4) is 0 Å². The molecule has 1 saturated heterocycles. The van der Waals surface area contributed by atoms with Crippen LogP contribution in [0.1, 0.15) is 39.4 Å². The number of nitrogens with zero attached hydrogens (tertiary/aromatic N) is 3. The average molecular weight is 271 g/mol. The molecule has 4 nitrogen and oxygen atoms in total.